The number of amides is 1. The normalized spacial score (nSPS) is 18.3. The van der Waals surface area contributed by atoms with Crippen LogP contribution >= 0.6 is 11.8 Å². The fourth-order valence-corrected chi connectivity index (χ4v) is 4.11. The zero-order valence-electron chi connectivity index (χ0n) is 13.9. The molecule has 0 aromatic heterocycles. The third-order valence-corrected chi connectivity index (χ3v) is 6.17. The molecule has 0 fully saturated rings. The molecule has 1 aliphatic rings. The van der Waals surface area contributed by atoms with Crippen LogP contribution in [0.1, 0.15) is 37.1 Å². The Morgan fingerprint density at radius 2 is 1.65 bits per heavy atom. The highest BCUT2D eigenvalue weighted by atomic mass is 32.2. The van der Waals surface area contributed by atoms with Gasteiger partial charge in [-0.15, -0.1) is 11.8 Å². The fraction of sp³-hybridized carbons (Fsp3) is 0.350. The van der Waals surface area contributed by atoms with Gasteiger partial charge in [0.2, 0.25) is 5.91 Å². The Bertz CT molecular complexity index is 683. The van der Waals surface area contributed by atoms with E-state index in [0.717, 1.165) is 11.3 Å². The summed E-state index contributed by atoms with van der Waals surface area (Å²) in [6.45, 7) is 7.28. The molecular weight excluding hydrogens is 302 g/mol. The number of benzene rings is 2. The van der Waals surface area contributed by atoms with E-state index < -0.39 is 0 Å². The Balaban J connectivity index is 1.89. The van der Waals surface area contributed by atoms with Crippen molar-refractivity contribution < 1.29 is 4.79 Å². The second-order valence-corrected chi connectivity index (χ2v) is 7.92. The van der Waals surface area contributed by atoms with Crippen LogP contribution in [0.3, 0.4) is 0 Å². The summed E-state index contributed by atoms with van der Waals surface area (Å²) in [6, 6.07) is 18.4. The third-order valence-electron chi connectivity index (χ3n) is 4.47. The molecule has 0 spiro atoms. The molecule has 1 amide bonds. The van der Waals surface area contributed by atoms with Crippen molar-refractivity contribution in [2.75, 3.05) is 4.90 Å². The topological polar surface area (TPSA) is 20.3 Å². The van der Waals surface area contributed by atoms with Crippen LogP contribution in [-0.2, 0) is 11.3 Å². The van der Waals surface area contributed by atoms with E-state index in [9.17, 15) is 4.79 Å². The molecule has 2 aromatic rings. The summed E-state index contributed by atoms with van der Waals surface area (Å²) in [4.78, 5) is 15.0. The van der Waals surface area contributed by atoms with Crippen molar-refractivity contribution in [2.24, 2.45) is 5.92 Å². The molecule has 0 N–H and O–H groups in total. The number of hydrogen-bond donors (Lipinski definition) is 0. The quantitative estimate of drug-likeness (QED) is 0.766. The van der Waals surface area contributed by atoms with Gasteiger partial charge in [0.1, 0.15) is 5.25 Å². The van der Waals surface area contributed by atoms with Gasteiger partial charge in [-0.2, -0.15) is 0 Å². The van der Waals surface area contributed by atoms with Gasteiger partial charge in [0.05, 0.1) is 6.54 Å². The minimum atomic E-state index is -0.0766. The number of carbonyl (C=O) groups is 1. The SMILES string of the molecule is CC(C)C(C)SC1C(=O)N(Cc2ccccc2)c2ccccc21. The lowest BCUT2D eigenvalue weighted by molar-refractivity contribution is -0.117. The van der Waals surface area contributed by atoms with Gasteiger partial charge in [-0.05, 0) is 23.1 Å². The summed E-state index contributed by atoms with van der Waals surface area (Å²) in [5, 5.41) is 0.376. The number of thioether (sulfide) groups is 1. The molecule has 2 atom stereocenters. The standard InChI is InChI=1S/C20H23NOS/c1-14(2)15(3)23-19-17-11-7-8-12-18(17)21(20(19)22)13-16-9-5-4-6-10-16/h4-12,14-15,19H,13H2,1-3H3. The summed E-state index contributed by atoms with van der Waals surface area (Å²) in [5.74, 6) is 0.774. The van der Waals surface area contributed by atoms with Crippen molar-refractivity contribution >= 4 is 23.4 Å². The summed E-state index contributed by atoms with van der Waals surface area (Å²) in [6.07, 6.45) is 0. The first-order valence-electron chi connectivity index (χ1n) is 8.17. The molecule has 0 saturated carbocycles. The van der Waals surface area contributed by atoms with Crippen molar-refractivity contribution in [3.05, 3.63) is 65.7 Å². The lowest BCUT2D eigenvalue weighted by Gasteiger charge is -2.20. The highest BCUT2D eigenvalue weighted by Crippen LogP contribution is 2.46. The van der Waals surface area contributed by atoms with E-state index in [1.807, 2.05) is 35.2 Å². The number of nitrogens with zero attached hydrogens (tertiary/aromatic N) is 1. The first-order valence-corrected chi connectivity index (χ1v) is 9.12. The van der Waals surface area contributed by atoms with Gasteiger partial charge in [-0.3, -0.25) is 4.79 Å². The van der Waals surface area contributed by atoms with E-state index >= 15 is 0 Å². The molecule has 3 rings (SSSR count). The van der Waals surface area contributed by atoms with Crippen LogP contribution in [0, 0.1) is 5.92 Å². The van der Waals surface area contributed by atoms with Gasteiger partial charge in [0.15, 0.2) is 0 Å². The molecule has 0 aliphatic carbocycles. The van der Waals surface area contributed by atoms with Crippen molar-refractivity contribution in [1.29, 1.82) is 0 Å². The molecule has 3 heteroatoms. The lowest BCUT2D eigenvalue weighted by Crippen LogP contribution is -2.28. The molecule has 0 saturated heterocycles. The van der Waals surface area contributed by atoms with Crippen molar-refractivity contribution in [1.82, 2.24) is 0 Å². The van der Waals surface area contributed by atoms with Crippen LogP contribution in [0.15, 0.2) is 54.6 Å². The maximum absolute atomic E-state index is 13.0. The van der Waals surface area contributed by atoms with Crippen molar-refractivity contribution in [3.63, 3.8) is 0 Å². The first-order chi connectivity index (χ1) is 11.1. The average Bonchev–Trinajstić information content (AvgIpc) is 2.82. The maximum atomic E-state index is 13.0. The van der Waals surface area contributed by atoms with E-state index in [1.54, 1.807) is 11.8 Å². The van der Waals surface area contributed by atoms with Crippen LogP contribution in [-0.4, -0.2) is 11.2 Å². The minimum absolute atomic E-state index is 0.0766. The molecule has 0 bridgehead atoms. The molecule has 23 heavy (non-hydrogen) atoms. The molecule has 120 valence electrons. The van der Waals surface area contributed by atoms with Gasteiger partial charge in [-0.25, -0.2) is 0 Å². The van der Waals surface area contributed by atoms with Crippen molar-refractivity contribution in [2.45, 2.75) is 37.8 Å². The maximum Gasteiger partial charge on any atom is 0.245 e. The number of anilines is 1. The second kappa shape index (κ2) is 6.79. The Hall–Kier alpha value is -1.74. The van der Waals surface area contributed by atoms with E-state index in [1.165, 1.54) is 5.56 Å². The minimum Gasteiger partial charge on any atom is -0.306 e. The van der Waals surface area contributed by atoms with Crippen LogP contribution in [0.2, 0.25) is 0 Å². The lowest BCUT2D eigenvalue weighted by atomic mass is 10.1. The van der Waals surface area contributed by atoms with Gasteiger partial charge in [0.25, 0.3) is 0 Å². The van der Waals surface area contributed by atoms with E-state index in [-0.39, 0.29) is 11.2 Å². The zero-order chi connectivity index (χ0) is 16.4. The smallest absolute Gasteiger partial charge is 0.245 e. The second-order valence-electron chi connectivity index (χ2n) is 6.43. The molecule has 2 nitrogen and oxygen atoms in total. The highest BCUT2D eigenvalue weighted by Gasteiger charge is 2.38. The number of carbonyl (C=O) groups excluding carboxylic acids is 1. The number of fused-ring (bicyclic) bond motifs is 1. The molecule has 1 aliphatic heterocycles. The number of para-hydroxylation sites is 1. The first kappa shape index (κ1) is 16.1. The molecule has 1 heterocycles. The average molecular weight is 325 g/mol. The van der Waals surface area contributed by atoms with Gasteiger partial charge in [-0.1, -0.05) is 69.3 Å². The third kappa shape index (κ3) is 3.30. The Morgan fingerprint density at radius 1 is 1.00 bits per heavy atom. The summed E-state index contributed by atoms with van der Waals surface area (Å²) >= 11 is 1.79. The van der Waals surface area contributed by atoms with E-state index in [0.29, 0.717) is 17.7 Å². The zero-order valence-corrected chi connectivity index (χ0v) is 14.7. The summed E-state index contributed by atoms with van der Waals surface area (Å²) < 4.78 is 0. The van der Waals surface area contributed by atoms with E-state index in [4.69, 9.17) is 0 Å². The van der Waals surface area contributed by atoms with Crippen LogP contribution in [0.4, 0.5) is 5.69 Å². The monoisotopic (exact) mass is 325 g/mol. The van der Waals surface area contributed by atoms with Gasteiger partial charge < -0.3 is 4.90 Å². The predicted octanol–water partition coefficient (Wildman–Crippen LogP) is 5.05. The van der Waals surface area contributed by atoms with Crippen LogP contribution < -0.4 is 4.90 Å². The van der Waals surface area contributed by atoms with E-state index in [2.05, 4.69) is 45.0 Å². The molecule has 2 aromatic carbocycles. The van der Waals surface area contributed by atoms with Crippen molar-refractivity contribution in [3.8, 4) is 0 Å². The molecule has 2 unspecified atom stereocenters. The van der Waals surface area contributed by atoms with Crippen LogP contribution in [0.5, 0.6) is 0 Å². The van der Waals surface area contributed by atoms with Crippen LogP contribution in [0.25, 0.3) is 0 Å². The predicted molar refractivity (Wildman–Crippen MR) is 98.7 cm³/mol. The summed E-state index contributed by atoms with van der Waals surface area (Å²) in [5.41, 5.74) is 3.39. The number of hydrogen-bond acceptors (Lipinski definition) is 2. The Kier molecular flexibility index (Phi) is 4.76. The molecular formula is C20H23NOS. The molecule has 0 radical (unpaired) electrons. The summed E-state index contributed by atoms with van der Waals surface area (Å²) in [7, 11) is 0. The number of rotatable bonds is 5. The highest BCUT2D eigenvalue weighted by molar-refractivity contribution is 8.00. The largest absolute Gasteiger partial charge is 0.306 e. The fourth-order valence-electron chi connectivity index (χ4n) is 2.78. The Morgan fingerprint density at radius 3 is 2.35 bits per heavy atom. The van der Waals surface area contributed by atoms with Gasteiger partial charge in [0, 0.05) is 10.9 Å². The van der Waals surface area contributed by atoms with Gasteiger partial charge >= 0.3 is 0 Å². The Labute approximate surface area is 142 Å².